The van der Waals surface area contributed by atoms with Gasteiger partial charge in [0.05, 0.1) is 6.54 Å². The Morgan fingerprint density at radius 2 is 2.07 bits per heavy atom. The minimum atomic E-state index is 0.541. The molecule has 0 aliphatic carbocycles. The van der Waals surface area contributed by atoms with Gasteiger partial charge in [-0.1, -0.05) is 35.4 Å². The fraction of sp³-hybridized carbons (Fsp3) is 0.222. The smallest absolute Gasteiger partial charge is 0.259 e. The highest BCUT2D eigenvalue weighted by Gasteiger charge is 2.07. The number of tetrazole rings is 1. The van der Waals surface area contributed by atoms with E-state index in [0.29, 0.717) is 12.5 Å². The van der Waals surface area contributed by atoms with E-state index in [1.807, 2.05) is 30.3 Å². The number of hydrogen-bond acceptors (Lipinski definition) is 5. The number of rotatable bonds is 3. The van der Waals surface area contributed by atoms with Gasteiger partial charge in [-0.2, -0.15) is 0 Å². The molecule has 0 bridgehead atoms. The predicted octanol–water partition coefficient (Wildman–Crippen LogP) is 0.0313. The topological polar surface area (TPSA) is 72.9 Å². The molecule has 1 aromatic carbocycles. The molecule has 78 valence electrons. The Bertz CT molecular complexity index is 421. The molecule has 0 amide bonds. The third kappa shape index (κ3) is 2.10. The van der Waals surface area contributed by atoms with Crippen molar-refractivity contribution < 1.29 is 0 Å². The minimum Gasteiger partial charge on any atom is -0.281 e. The molecular formula is C9H12N6. The Balaban J connectivity index is 2.21. The van der Waals surface area contributed by atoms with Crippen LogP contribution in [-0.4, -0.2) is 27.3 Å². The first-order valence-corrected chi connectivity index (χ1v) is 4.56. The molecule has 0 aliphatic rings. The molecule has 2 rings (SSSR count). The van der Waals surface area contributed by atoms with E-state index in [4.69, 9.17) is 5.84 Å². The number of aromatic nitrogens is 4. The van der Waals surface area contributed by atoms with Crippen LogP contribution in [0.3, 0.4) is 0 Å². The number of nitrogens with zero attached hydrogens (tertiary/aromatic N) is 5. The third-order valence-electron chi connectivity index (χ3n) is 2.00. The lowest BCUT2D eigenvalue weighted by molar-refractivity contribution is 0.641. The molecule has 1 heterocycles. The molecule has 6 heteroatoms. The summed E-state index contributed by atoms with van der Waals surface area (Å²) in [7, 11) is 1.70. The summed E-state index contributed by atoms with van der Waals surface area (Å²) >= 11 is 0. The standard InChI is InChI=1S/C9H12N6/c1-14(10)9-11-12-13-15(9)7-8-5-3-2-4-6-8/h2-6H,7,10H2,1H3. The summed E-state index contributed by atoms with van der Waals surface area (Å²) in [6.07, 6.45) is 0. The summed E-state index contributed by atoms with van der Waals surface area (Å²) in [5, 5.41) is 12.7. The lowest BCUT2D eigenvalue weighted by atomic mass is 10.2. The first kappa shape index (κ1) is 9.60. The molecule has 0 saturated carbocycles. The molecule has 0 aliphatic heterocycles. The molecular weight excluding hydrogens is 192 g/mol. The summed E-state index contributed by atoms with van der Waals surface area (Å²) in [5.74, 6) is 6.12. The SMILES string of the molecule is CN(N)c1nnnn1Cc1ccccc1. The van der Waals surface area contributed by atoms with Gasteiger partial charge in [0.2, 0.25) is 0 Å². The van der Waals surface area contributed by atoms with Crippen LogP contribution < -0.4 is 10.9 Å². The Morgan fingerprint density at radius 1 is 1.33 bits per heavy atom. The maximum absolute atomic E-state index is 5.58. The minimum absolute atomic E-state index is 0.541. The van der Waals surface area contributed by atoms with Crippen molar-refractivity contribution >= 4 is 5.95 Å². The highest BCUT2D eigenvalue weighted by atomic mass is 15.6. The van der Waals surface area contributed by atoms with E-state index in [1.165, 1.54) is 5.01 Å². The lowest BCUT2D eigenvalue weighted by Gasteiger charge is -2.10. The average Bonchev–Trinajstić information content (AvgIpc) is 2.67. The van der Waals surface area contributed by atoms with Gasteiger partial charge in [-0.3, -0.25) is 5.01 Å². The third-order valence-corrected chi connectivity index (χ3v) is 2.00. The van der Waals surface area contributed by atoms with Crippen LogP contribution in [-0.2, 0) is 6.54 Å². The van der Waals surface area contributed by atoms with E-state index >= 15 is 0 Å². The van der Waals surface area contributed by atoms with Gasteiger partial charge in [-0.25, -0.2) is 10.5 Å². The second kappa shape index (κ2) is 4.05. The van der Waals surface area contributed by atoms with Gasteiger partial charge < -0.3 is 0 Å². The van der Waals surface area contributed by atoms with Crippen molar-refractivity contribution in [3.63, 3.8) is 0 Å². The Morgan fingerprint density at radius 3 is 2.73 bits per heavy atom. The van der Waals surface area contributed by atoms with Crippen molar-refractivity contribution in [3.8, 4) is 0 Å². The van der Waals surface area contributed by atoms with Gasteiger partial charge in [0.25, 0.3) is 5.95 Å². The van der Waals surface area contributed by atoms with Gasteiger partial charge in [-0.05, 0) is 16.0 Å². The first-order valence-electron chi connectivity index (χ1n) is 4.56. The molecule has 6 nitrogen and oxygen atoms in total. The van der Waals surface area contributed by atoms with Crippen molar-refractivity contribution in [1.29, 1.82) is 0 Å². The monoisotopic (exact) mass is 204 g/mol. The van der Waals surface area contributed by atoms with Gasteiger partial charge in [0.15, 0.2) is 0 Å². The molecule has 0 radical (unpaired) electrons. The number of nitrogens with two attached hydrogens (primary N) is 1. The van der Waals surface area contributed by atoms with Crippen LogP contribution in [0.25, 0.3) is 0 Å². The van der Waals surface area contributed by atoms with Crippen molar-refractivity contribution in [2.75, 3.05) is 12.1 Å². The molecule has 0 saturated heterocycles. The second-order valence-electron chi connectivity index (χ2n) is 3.23. The van der Waals surface area contributed by atoms with Crippen molar-refractivity contribution in [2.24, 2.45) is 5.84 Å². The predicted molar refractivity (Wildman–Crippen MR) is 56.0 cm³/mol. The van der Waals surface area contributed by atoms with E-state index in [0.717, 1.165) is 5.56 Å². The van der Waals surface area contributed by atoms with Gasteiger partial charge in [0.1, 0.15) is 0 Å². The molecule has 0 unspecified atom stereocenters. The Labute approximate surface area is 87.3 Å². The summed E-state index contributed by atoms with van der Waals surface area (Å²) in [6.45, 7) is 0.616. The zero-order valence-corrected chi connectivity index (χ0v) is 8.41. The number of hydrazine groups is 1. The molecule has 0 spiro atoms. The van der Waals surface area contributed by atoms with E-state index in [9.17, 15) is 0 Å². The Kier molecular flexibility index (Phi) is 2.59. The molecule has 2 aromatic rings. The molecule has 15 heavy (non-hydrogen) atoms. The number of anilines is 1. The van der Waals surface area contributed by atoms with Crippen LogP contribution in [0.5, 0.6) is 0 Å². The zero-order chi connectivity index (χ0) is 10.7. The van der Waals surface area contributed by atoms with Crippen LogP contribution in [0, 0.1) is 0 Å². The summed E-state index contributed by atoms with van der Waals surface area (Å²) in [4.78, 5) is 0. The van der Waals surface area contributed by atoms with Crippen LogP contribution in [0.1, 0.15) is 5.56 Å². The summed E-state index contributed by atoms with van der Waals surface area (Å²) in [5.41, 5.74) is 1.13. The van der Waals surface area contributed by atoms with Crippen LogP contribution >= 0.6 is 0 Å². The van der Waals surface area contributed by atoms with E-state index in [-0.39, 0.29) is 0 Å². The molecule has 1 aromatic heterocycles. The summed E-state index contributed by atoms with van der Waals surface area (Å²) in [6, 6.07) is 9.96. The molecule has 0 atom stereocenters. The highest BCUT2D eigenvalue weighted by Crippen LogP contribution is 2.06. The van der Waals surface area contributed by atoms with Gasteiger partial charge in [0, 0.05) is 7.05 Å². The van der Waals surface area contributed by atoms with E-state index in [1.54, 1.807) is 11.7 Å². The van der Waals surface area contributed by atoms with Crippen molar-refractivity contribution in [1.82, 2.24) is 20.2 Å². The number of hydrogen-bond donors (Lipinski definition) is 1. The van der Waals surface area contributed by atoms with Crippen molar-refractivity contribution in [2.45, 2.75) is 6.54 Å². The summed E-state index contributed by atoms with van der Waals surface area (Å²) < 4.78 is 1.65. The normalized spacial score (nSPS) is 10.3. The van der Waals surface area contributed by atoms with Crippen LogP contribution in [0.15, 0.2) is 30.3 Å². The molecule has 2 N–H and O–H groups in total. The largest absolute Gasteiger partial charge is 0.281 e. The fourth-order valence-electron chi connectivity index (χ4n) is 1.31. The quantitative estimate of drug-likeness (QED) is 0.564. The van der Waals surface area contributed by atoms with Crippen LogP contribution in [0.4, 0.5) is 5.95 Å². The Hall–Kier alpha value is -1.95. The average molecular weight is 204 g/mol. The first-order chi connectivity index (χ1) is 7.27. The van der Waals surface area contributed by atoms with Crippen molar-refractivity contribution in [3.05, 3.63) is 35.9 Å². The maximum Gasteiger partial charge on any atom is 0.259 e. The zero-order valence-electron chi connectivity index (χ0n) is 8.41. The van der Waals surface area contributed by atoms with E-state index in [2.05, 4.69) is 15.5 Å². The highest BCUT2D eigenvalue weighted by molar-refractivity contribution is 5.25. The van der Waals surface area contributed by atoms with E-state index < -0.39 is 0 Å². The maximum atomic E-state index is 5.58. The van der Waals surface area contributed by atoms with Gasteiger partial charge >= 0.3 is 0 Å². The lowest BCUT2D eigenvalue weighted by Crippen LogP contribution is -2.28. The van der Waals surface area contributed by atoms with Gasteiger partial charge in [-0.15, -0.1) is 0 Å². The van der Waals surface area contributed by atoms with Crippen LogP contribution in [0.2, 0.25) is 0 Å². The molecule has 0 fully saturated rings. The second-order valence-corrected chi connectivity index (χ2v) is 3.23. The number of benzene rings is 1. The fourth-order valence-corrected chi connectivity index (χ4v) is 1.31.